The van der Waals surface area contributed by atoms with Crippen molar-refractivity contribution in [3.8, 4) is 0 Å². The Labute approximate surface area is 122 Å². The number of hydrogen-bond donors (Lipinski definition) is 0. The highest BCUT2D eigenvalue weighted by Gasteiger charge is 2.41. The van der Waals surface area contributed by atoms with E-state index in [0.717, 1.165) is 0 Å². The molecule has 0 aromatic heterocycles. The van der Waals surface area contributed by atoms with E-state index in [-0.39, 0.29) is 36.0 Å². The van der Waals surface area contributed by atoms with Gasteiger partial charge in [-0.15, -0.1) is 0 Å². The summed E-state index contributed by atoms with van der Waals surface area (Å²) in [6.07, 6.45) is -0.284. The Morgan fingerprint density at radius 1 is 1.40 bits per heavy atom. The molecule has 0 bridgehead atoms. The first-order valence-corrected chi connectivity index (χ1v) is 9.90. The Bertz CT molecular complexity index is 359. The molecule has 3 unspecified atom stereocenters. The van der Waals surface area contributed by atoms with Crippen molar-refractivity contribution in [3.63, 3.8) is 0 Å². The van der Waals surface area contributed by atoms with Crippen LogP contribution in [0.4, 0.5) is 0 Å². The lowest BCUT2D eigenvalue weighted by molar-refractivity contribution is -0.178. The maximum atomic E-state index is 11.7. The predicted octanol–water partition coefficient (Wildman–Crippen LogP) is 2.04. The Morgan fingerprint density at radius 2 is 2.00 bits per heavy atom. The number of cyclic esters (lactones) is 1. The van der Waals surface area contributed by atoms with E-state index in [1.165, 1.54) is 6.92 Å². The molecular formula is C14H26O5Si. The molecule has 1 aliphatic heterocycles. The molecule has 1 saturated heterocycles. The molecule has 1 aliphatic rings. The summed E-state index contributed by atoms with van der Waals surface area (Å²) < 4.78 is 16.7. The van der Waals surface area contributed by atoms with Gasteiger partial charge in [0.15, 0.2) is 9.04 Å². The topological polar surface area (TPSA) is 61.8 Å². The Hall–Kier alpha value is -0.883. The Kier molecular flexibility index (Phi) is 5.76. The minimum Gasteiger partial charge on any atom is -0.462 e. The van der Waals surface area contributed by atoms with E-state index in [1.807, 2.05) is 0 Å². The number of carbonyl (C=O) groups is 2. The minimum absolute atomic E-state index is 0.131. The monoisotopic (exact) mass is 302 g/mol. The van der Waals surface area contributed by atoms with Gasteiger partial charge < -0.3 is 13.9 Å². The van der Waals surface area contributed by atoms with E-state index >= 15 is 0 Å². The van der Waals surface area contributed by atoms with Crippen molar-refractivity contribution in [2.45, 2.75) is 71.9 Å². The van der Waals surface area contributed by atoms with Crippen LogP contribution in [0, 0.1) is 5.41 Å². The summed E-state index contributed by atoms with van der Waals surface area (Å²) in [5.41, 5.74) is -0.139. The fourth-order valence-electron chi connectivity index (χ4n) is 2.45. The first-order valence-electron chi connectivity index (χ1n) is 7.11. The van der Waals surface area contributed by atoms with Crippen LogP contribution in [-0.2, 0) is 23.5 Å². The number of carbonyl (C=O) groups excluding carboxylic acids is 2. The van der Waals surface area contributed by atoms with Crippen LogP contribution in [0.2, 0.25) is 13.1 Å². The zero-order valence-electron chi connectivity index (χ0n) is 13.3. The highest BCUT2D eigenvalue weighted by molar-refractivity contribution is 6.48. The van der Waals surface area contributed by atoms with Crippen molar-refractivity contribution in [3.05, 3.63) is 0 Å². The van der Waals surface area contributed by atoms with Gasteiger partial charge in [0, 0.05) is 13.3 Å². The summed E-state index contributed by atoms with van der Waals surface area (Å²) in [6.45, 7) is 11.7. The number of ether oxygens (including phenoxy) is 2. The zero-order valence-corrected chi connectivity index (χ0v) is 14.4. The Balaban J connectivity index is 2.83. The second-order valence-corrected chi connectivity index (χ2v) is 9.04. The highest BCUT2D eigenvalue weighted by atomic mass is 28.3. The summed E-state index contributed by atoms with van der Waals surface area (Å²) in [5.74, 6) is -0.689. The average molecular weight is 302 g/mol. The van der Waals surface area contributed by atoms with Gasteiger partial charge in [0.05, 0.1) is 12.5 Å². The lowest BCUT2D eigenvalue weighted by atomic mass is 9.83. The molecule has 0 aromatic carbocycles. The van der Waals surface area contributed by atoms with Crippen LogP contribution >= 0.6 is 0 Å². The minimum atomic E-state index is -1.27. The van der Waals surface area contributed by atoms with E-state index in [2.05, 4.69) is 33.9 Å². The fourth-order valence-corrected chi connectivity index (χ4v) is 3.62. The number of rotatable bonds is 4. The molecule has 0 N–H and O–H groups in total. The van der Waals surface area contributed by atoms with Crippen LogP contribution < -0.4 is 0 Å². The van der Waals surface area contributed by atoms with Crippen LogP contribution in [0.3, 0.4) is 0 Å². The van der Waals surface area contributed by atoms with Crippen LogP contribution in [-0.4, -0.2) is 39.3 Å². The first kappa shape index (κ1) is 17.2. The van der Waals surface area contributed by atoms with Crippen molar-refractivity contribution in [2.75, 3.05) is 0 Å². The van der Waals surface area contributed by atoms with Crippen LogP contribution in [0.25, 0.3) is 0 Å². The lowest BCUT2D eigenvalue weighted by Crippen LogP contribution is -2.49. The van der Waals surface area contributed by atoms with Crippen molar-refractivity contribution < 1.29 is 23.5 Å². The molecule has 116 valence electrons. The third-order valence-corrected chi connectivity index (χ3v) is 3.95. The quantitative estimate of drug-likeness (QED) is 0.587. The van der Waals surface area contributed by atoms with Gasteiger partial charge in [0.25, 0.3) is 0 Å². The lowest BCUT2D eigenvalue weighted by Gasteiger charge is -2.40. The molecule has 20 heavy (non-hydrogen) atoms. The van der Waals surface area contributed by atoms with E-state index in [4.69, 9.17) is 13.9 Å². The second kappa shape index (κ2) is 6.71. The van der Waals surface area contributed by atoms with Gasteiger partial charge in [0.2, 0.25) is 0 Å². The number of esters is 2. The van der Waals surface area contributed by atoms with E-state index in [9.17, 15) is 9.59 Å². The molecule has 5 nitrogen and oxygen atoms in total. The van der Waals surface area contributed by atoms with Gasteiger partial charge in [-0.2, -0.15) is 0 Å². The van der Waals surface area contributed by atoms with Crippen molar-refractivity contribution in [1.82, 2.24) is 0 Å². The molecule has 3 atom stereocenters. The molecule has 0 spiro atoms. The van der Waals surface area contributed by atoms with Gasteiger partial charge in [-0.05, 0) is 18.5 Å². The van der Waals surface area contributed by atoms with Crippen LogP contribution in [0.1, 0.15) is 40.5 Å². The SMILES string of the molecule is CC(=O)OC1CC(=O)OC(C(O[SiH](C)C)C(C)(C)C)C1. The van der Waals surface area contributed by atoms with Crippen LogP contribution in [0.15, 0.2) is 0 Å². The summed E-state index contributed by atoms with van der Waals surface area (Å²) in [7, 11) is -1.27. The number of hydrogen-bond acceptors (Lipinski definition) is 5. The van der Waals surface area contributed by atoms with E-state index in [0.29, 0.717) is 6.42 Å². The molecule has 0 radical (unpaired) electrons. The summed E-state index contributed by atoms with van der Waals surface area (Å²) in [4.78, 5) is 22.8. The van der Waals surface area contributed by atoms with Gasteiger partial charge in [0.1, 0.15) is 12.2 Å². The van der Waals surface area contributed by atoms with Gasteiger partial charge >= 0.3 is 11.9 Å². The molecule has 0 aromatic rings. The maximum Gasteiger partial charge on any atom is 0.309 e. The van der Waals surface area contributed by atoms with Crippen molar-refractivity contribution >= 4 is 21.0 Å². The van der Waals surface area contributed by atoms with Crippen molar-refractivity contribution in [2.24, 2.45) is 5.41 Å². The first-order chi connectivity index (χ1) is 9.09. The van der Waals surface area contributed by atoms with Gasteiger partial charge in [-0.3, -0.25) is 9.59 Å². The predicted molar refractivity (Wildman–Crippen MR) is 77.9 cm³/mol. The Morgan fingerprint density at radius 3 is 2.45 bits per heavy atom. The smallest absolute Gasteiger partial charge is 0.309 e. The summed E-state index contributed by atoms with van der Waals surface area (Å²) in [6, 6.07) is 0. The normalized spacial score (nSPS) is 25.2. The molecule has 1 fully saturated rings. The molecule has 1 heterocycles. The largest absolute Gasteiger partial charge is 0.462 e. The molecule has 0 amide bonds. The fraction of sp³-hybridized carbons (Fsp3) is 0.857. The average Bonchev–Trinajstić information content (AvgIpc) is 2.22. The summed E-state index contributed by atoms with van der Waals surface area (Å²) in [5, 5.41) is 0. The molecule has 0 aliphatic carbocycles. The van der Waals surface area contributed by atoms with Gasteiger partial charge in [-0.1, -0.05) is 20.8 Å². The molecule has 0 saturated carbocycles. The second-order valence-electron chi connectivity index (χ2n) is 6.67. The van der Waals surface area contributed by atoms with E-state index in [1.54, 1.807) is 0 Å². The zero-order chi connectivity index (χ0) is 15.5. The highest BCUT2D eigenvalue weighted by Crippen LogP contribution is 2.32. The summed E-state index contributed by atoms with van der Waals surface area (Å²) >= 11 is 0. The standard InChI is InChI=1S/C14H26O5Si/c1-9(15)17-10-7-11(18-12(16)8-10)13(14(2,3)4)19-20(5)6/h10-11,13,20H,7-8H2,1-6H3. The van der Waals surface area contributed by atoms with Gasteiger partial charge in [-0.25, -0.2) is 0 Å². The van der Waals surface area contributed by atoms with E-state index < -0.39 is 15.1 Å². The third-order valence-electron chi connectivity index (χ3n) is 3.11. The third kappa shape index (κ3) is 5.24. The molecule has 1 rings (SSSR count). The maximum absolute atomic E-state index is 11.7. The molecule has 6 heteroatoms. The van der Waals surface area contributed by atoms with Crippen molar-refractivity contribution in [1.29, 1.82) is 0 Å². The molecular weight excluding hydrogens is 276 g/mol. The van der Waals surface area contributed by atoms with Crippen LogP contribution in [0.5, 0.6) is 0 Å².